The molecule has 2 aromatic rings. The number of fused-ring (bicyclic) bond motifs is 1. The third-order valence-corrected chi connectivity index (χ3v) is 2.79. The van der Waals surface area contributed by atoms with E-state index in [0.29, 0.717) is 17.1 Å². The van der Waals surface area contributed by atoms with Crippen LogP contribution in [-0.2, 0) is 4.79 Å². The first-order valence-electron chi connectivity index (χ1n) is 5.88. The first kappa shape index (κ1) is 11.3. The minimum absolute atomic E-state index is 0.267. The standard InChI is InChI=1S/C15H12N2O2/c16-11-6-7-13-12(9-11)17-15(18)14(19-13)8-10-4-2-1-3-5-10/h1-9H,16H2,(H,17,18)/b14-8+. The molecule has 1 aliphatic heterocycles. The molecule has 2 aromatic carbocycles. The Hall–Kier alpha value is -2.75. The molecule has 0 unspecified atom stereocenters. The lowest BCUT2D eigenvalue weighted by atomic mass is 10.1. The van der Waals surface area contributed by atoms with Gasteiger partial charge in [0.15, 0.2) is 11.5 Å². The predicted octanol–water partition coefficient (Wildman–Crippen LogP) is 2.64. The highest BCUT2D eigenvalue weighted by molar-refractivity contribution is 6.08. The molecule has 0 saturated carbocycles. The van der Waals surface area contributed by atoms with Crippen molar-refractivity contribution in [1.29, 1.82) is 0 Å². The average molecular weight is 252 g/mol. The van der Waals surface area contributed by atoms with Gasteiger partial charge in [0.2, 0.25) is 0 Å². The van der Waals surface area contributed by atoms with E-state index in [1.54, 1.807) is 24.3 Å². The number of carbonyl (C=O) groups is 1. The Kier molecular flexibility index (Phi) is 2.68. The summed E-state index contributed by atoms with van der Waals surface area (Å²) in [6, 6.07) is 14.7. The van der Waals surface area contributed by atoms with Gasteiger partial charge in [0.1, 0.15) is 0 Å². The van der Waals surface area contributed by atoms with Crippen molar-refractivity contribution in [3.63, 3.8) is 0 Å². The number of hydrogen-bond donors (Lipinski definition) is 2. The van der Waals surface area contributed by atoms with E-state index < -0.39 is 0 Å². The second-order valence-electron chi connectivity index (χ2n) is 4.23. The summed E-state index contributed by atoms with van der Waals surface area (Å²) in [5.74, 6) is 0.585. The zero-order valence-electron chi connectivity index (χ0n) is 10.1. The normalized spacial score (nSPS) is 15.6. The van der Waals surface area contributed by atoms with E-state index in [1.807, 2.05) is 30.3 Å². The monoisotopic (exact) mass is 252 g/mol. The van der Waals surface area contributed by atoms with Crippen molar-refractivity contribution >= 4 is 23.4 Å². The van der Waals surface area contributed by atoms with Gasteiger partial charge in [-0.15, -0.1) is 0 Å². The summed E-state index contributed by atoms with van der Waals surface area (Å²) in [7, 11) is 0. The van der Waals surface area contributed by atoms with Gasteiger partial charge in [0.25, 0.3) is 5.91 Å². The predicted molar refractivity (Wildman–Crippen MR) is 74.5 cm³/mol. The molecule has 0 saturated heterocycles. The third-order valence-electron chi connectivity index (χ3n) is 2.79. The molecule has 0 atom stereocenters. The lowest BCUT2D eigenvalue weighted by molar-refractivity contribution is -0.115. The molecule has 3 rings (SSSR count). The largest absolute Gasteiger partial charge is 0.449 e. The van der Waals surface area contributed by atoms with Crippen LogP contribution in [-0.4, -0.2) is 5.91 Å². The van der Waals surface area contributed by atoms with Gasteiger partial charge < -0.3 is 15.8 Å². The maximum Gasteiger partial charge on any atom is 0.291 e. The van der Waals surface area contributed by atoms with Crippen molar-refractivity contribution in [3.05, 3.63) is 59.9 Å². The van der Waals surface area contributed by atoms with Crippen molar-refractivity contribution in [1.82, 2.24) is 0 Å². The fourth-order valence-electron chi connectivity index (χ4n) is 1.88. The molecule has 3 N–H and O–H groups in total. The molecular weight excluding hydrogens is 240 g/mol. The van der Waals surface area contributed by atoms with Crippen molar-refractivity contribution < 1.29 is 9.53 Å². The van der Waals surface area contributed by atoms with E-state index in [2.05, 4.69) is 5.32 Å². The molecule has 4 nitrogen and oxygen atoms in total. The summed E-state index contributed by atoms with van der Waals surface area (Å²) in [4.78, 5) is 11.9. The van der Waals surface area contributed by atoms with E-state index in [9.17, 15) is 4.79 Å². The number of carbonyl (C=O) groups excluding carboxylic acids is 1. The molecule has 19 heavy (non-hydrogen) atoms. The van der Waals surface area contributed by atoms with Crippen LogP contribution in [0.2, 0.25) is 0 Å². The lowest BCUT2D eigenvalue weighted by Crippen LogP contribution is -2.23. The smallest absolute Gasteiger partial charge is 0.291 e. The second-order valence-corrected chi connectivity index (χ2v) is 4.23. The van der Waals surface area contributed by atoms with E-state index in [0.717, 1.165) is 5.56 Å². The van der Waals surface area contributed by atoms with E-state index in [4.69, 9.17) is 10.5 Å². The fourth-order valence-corrected chi connectivity index (χ4v) is 1.88. The number of rotatable bonds is 1. The molecular formula is C15H12N2O2. The van der Waals surface area contributed by atoms with E-state index in [1.165, 1.54) is 0 Å². The molecule has 0 aliphatic carbocycles. The first-order valence-corrected chi connectivity index (χ1v) is 5.88. The topological polar surface area (TPSA) is 64.3 Å². The van der Waals surface area contributed by atoms with Gasteiger partial charge in [-0.3, -0.25) is 4.79 Å². The fraction of sp³-hybridized carbons (Fsp3) is 0. The van der Waals surface area contributed by atoms with E-state index >= 15 is 0 Å². The van der Waals surface area contributed by atoms with Crippen LogP contribution in [0.4, 0.5) is 11.4 Å². The van der Waals surface area contributed by atoms with Gasteiger partial charge >= 0.3 is 0 Å². The molecule has 4 heteroatoms. The molecule has 0 spiro atoms. The number of ether oxygens (including phenoxy) is 1. The molecule has 0 fully saturated rings. The summed E-state index contributed by atoms with van der Waals surface area (Å²) < 4.78 is 5.60. The number of anilines is 2. The van der Waals surface area contributed by atoms with Crippen LogP contribution in [0.5, 0.6) is 5.75 Å². The first-order chi connectivity index (χ1) is 9.22. The Balaban J connectivity index is 1.96. The lowest BCUT2D eigenvalue weighted by Gasteiger charge is -2.20. The van der Waals surface area contributed by atoms with Crippen LogP contribution < -0.4 is 15.8 Å². The molecule has 1 heterocycles. The van der Waals surface area contributed by atoms with E-state index in [-0.39, 0.29) is 11.7 Å². The second kappa shape index (κ2) is 4.49. The number of nitrogen functional groups attached to an aromatic ring is 1. The molecule has 0 bridgehead atoms. The molecule has 94 valence electrons. The van der Waals surface area contributed by atoms with Gasteiger partial charge in [0, 0.05) is 5.69 Å². The molecule has 1 amide bonds. The van der Waals surface area contributed by atoms with Crippen molar-refractivity contribution in [2.75, 3.05) is 11.1 Å². The van der Waals surface area contributed by atoms with Crippen LogP contribution in [0.3, 0.4) is 0 Å². The highest BCUT2D eigenvalue weighted by Gasteiger charge is 2.21. The Morgan fingerprint density at radius 2 is 1.89 bits per heavy atom. The summed E-state index contributed by atoms with van der Waals surface area (Å²) in [6.45, 7) is 0. The number of amides is 1. The van der Waals surface area contributed by atoms with Crippen LogP contribution in [0, 0.1) is 0 Å². The van der Waals surface area contributed by atoms with Crippen molar-refractivity contribution in [3.8, 4) is 5.75 Å². The SMILES string of the molecule is Nc1ccc2c(c1)NC(=O)/C(=C\c1ccccc1)O2. The Morgan fingerprint density at radius 1 is 1.11 bits per heavy atom. The maximum absolute atomic E-state index is 11.9. The van der Waals surface area contributed by atoms with Gasteiger partial charge in [0.05, 0.1) is 5.69 Å². The molecule has 1 aliphatic rings. The van der Waals surface area contributed by atoms with Gasteiger partial charge in [-0.05, 0) is 29.8 Å². The van der Waals surface area contributed by atoms with Gasteiger partial charge in [-0.2, -0.15) is 0 Å². The highest BCUT2D eigenvalue weighted by atomic mass is 16.5. The zero-order valence-corrected chi connectivity index (χ0v) is 10.1. The highest BCUT2D eigenvalue weighted by Crippen LogP contribution is 2.32. The number of nitrogens with two attached hydrogens (primary N) is 1. The van der Waals surface area contributed by atoms with Crippen LogP contribution in [0.15, 0.2) is 54.3 Å². The minimum Gasteiger partial charge on any atom is -0.449 e. The van der Waals surface area contributed by atoms with Crippen molar-refractivity contribution in [2.45, 2.75) is 0 Å². The van der Waals surface area contributed by atoms with Crippen LogP contribution in [0.25, 0.3) is 6.08 Å². The number of hydrogen-bond acceptors (Lipinski definition) is 3. The Bertz CT molecular complexity index is 663. The van der Waals surface area contributed by atoms with Crippen molar-refractivity contribution in [2.24, 2.45) is 0 Å². The van der Waals surface area contributed by atoms with Gasteiger partial charge in [-0.25, -0.2) is 0 Å². The average Bonchev–Trinajstić information content (AvgIpc) is 2.41. The summed E-state index contributed by atoms with van der Waals surface area (Å²) >= 11 is 0. The summed E-state index contributed by atoms with van der Waals surface area (Å²) in [5, 5.41) is 2.76. The number of benzene rings is 2. The summed E-state index contributed by atoms with van der Waals surface area (Å²) in [5.41, 5.74) is 7.75. The maximum atomic E-state index is 11.9. The quantitative estimate of drug-likeness (QED) is 0.605. The molecule has 0 radical (unpaired) electrons. The van der Waals surface area contributed by atoms with Gasteiger partial charge in [-0.1, -0.05) is 30.3 Å². The number of nitrogens with one attached hydrogen (secondary N) is 1. The third kappa shape index (κ3) is 2.28. The van der Waals surface area contributed by atoms with Crippen LogP contribution in [0.1, 0.15) is 5.56 Å². The molecule has 0 aromatic heterocycles. The summed E-state index contributed by atoms with van der Waals surface area (Å²) in [6.07, 6.45) is 1.70. The minimum atomic E-state index is -0.276. The zero-order chi connectivity index (χ0) is 13.2. The van der Waals surface area contributed by atoms with Crippen LogP contribution >= 0.6 is 0 Å². The Labute approximate surface area is 110 Å². The Morgan fingerprint density at radius 3 is 2.68 bits per heavy atom.